The maximum atomic E-state index is 10.5. The molecule has 0 aliphatic heterocycles. The van der Waals surface area contributed by atoms with Crippen molar-refractivity contribution in [2.45, 2.75) is 39.7 Å². The van der Waals surface area contributed by atoms with Gasteiger partial charge in [0, 0.05) is 29.4 Å². The van der Waals surface area contributed by atoms with Crippen LogP contribution < -0.4 is 5.32 Å². The van der Waals surface area contributed by atoms with Crippen LogP contribution in [0.15, 0.2) is 54.4 Å². The normalized spacial score (nSPS) is 13.5. The standard InChI is InChI=1S/C21H25N3O2/c1-5-7-20(26)15(4)8-14(3)18(6-2)16-9-17-12-23-21(24-13-25)10-19(17)22-11-16/h6,8-13,20,26H,4-5,7H2,1-3H3,(H,23,24,25)/b14-8-,18-6+. The minimum Gasteiger partial charge on any atom is -0.388 e. The van der Waals surface area contributed by atoms with Gasteiger partial charge in [-0.2, -0.15) is 0 Å². The summed E-state index contributed by atoms with van der Waals surface area (Å²) < 4.78 is 0. The molecule has 2 aromatic rings. The van der Waals surface area contributed by atoms with Crippen LogP contribution in [0.4, 0.5) is 5.82 Å². The number of allylic oxidation sites excluding steroid dienone is 3. The number of hydrogen-bond donors (Lipinski definition) is 2. The Kier molecular flexibility index (Phi) is 6.81. The number of pyridine rings is 2. The maximum absolute atomic E-state index is 10.5. The predicted molar refractivity (Wildman–Crippen MR) is 107 cm³/mol. The molecule has 0 aliphatic carbocycles. The molecule has 0 aliphatic rings. The van der Waals surface area contributed by atoms with Crippen molar-refractivity contribution in [2.75, 3.05) is 5.32 Å². The van der Waals surface area contributed by atoms with Crippen LogP contribution in [-0.2, 0) is 4.79 Å². The zero-order chi connectivity index (χ0) is 19.1. The second-order valence-electron chi connectivity index (χ2n) is 6.16. The highest BCUT2D eigenvalue weighted by atomic mass is 16.3. The van der Waals surface area contributed by atoms with Crippen molar-refractivity contribution in [3.8, 4) is 0 Å². The molecule has 5 nitrogen and oxygen atoms in total. The zero-order valence-corrected chi connectivity index (χ0v) is 15.5. The van der Waals surface area contributed by atoms with Gasteiger partial charge in [0.15, 0.2) is 0 Å². The molecule has 2 rings (SSSR count). The smallest absolute Gasteiger partial charge is 0.212 e. The molecule has 0 saturated carbocycles. The first-order chi connectivity index (χ1) is 12.5. The summed E-state index contributed by atoms with van der Waals surface area (Å²) in [7, 11) is 0. The highest BCUT2D eigenvalue weighted by Crippen LogP contribution is 2.27. The molecule has 1 amide bonds. The fourth-order valence-corrected chi connectivity index (χ4v) is 2.84. The SMILES string of the molecule is C=C(/C=C(C)\C(=C/C)c1cnc2cc(NC=O)ncc2c1)C(O)CCC. The first-order valence-electron chi connectivity index (χ1n) is 8.68. The quantitative estimate of drug-likeness (QED) is 0.550. The van der Waals surface area contributed by atoms with Gasteiger partial charge in [-0.3, -0.25) is 9.78 Å². The van der Waals surface area contributed by atoms with Gasteiger partial charge in [-0.05, 0) is 43.1 Å². The van der Waals surface area contributed by atoms with Crippen molar-refractivity contribution in [1.82, 2.24) is 9.97 Å². The molecule has 5 heteroatoms. The number of nitrogens with one attached hydrogen (secondary N) is 1. The zero-order valence-electron chi connectivity index (χ0n) is 15.5. The van der Waals surface area contributed by atoms with Crippen LogP contribution in [0, 0.1) is 0 Å². The minimum atomic E-state index is -0.518. The van der Waals surface area contributed by atoms with Gasteiger partial charge in [0.1, 0.15) is 5.82 Å². The highest BCUT2D eigenvalue weighted by molar-refractivity contribution is 5.87. The van der Waals surface area contributed by atoms with Crippen LogP contribution in [0.3, 0.4) is 0 Å². The number of aliphatic hydroxyl groups is 1. The summed E-state index contributed by atoms with van der Waals surface area (Å²) in [5.74, 6) is 0.469. The summed E-state index contributed by atoms with van der Waals surface area (Å²) in [6, 6.07) is 3.74. The molecule has 2 aromatic heterocycles. The number of carbonyl (C=O) groups is 1. The van der Waals surface area contributed by atoms with E-state index < -0.39 is 6.10 Å². The molecule has 0 aromatic carbocycles. The number of hydrogen-bond acceptors (Lipinski definition) is 4. The number of nitrogens with zero attached hydrogens (tertiary/aromatic N) is 2. The molecule has 2 N–H and O–H groups in total. The summed E-state index contributed by atoms with van der Waals surface area (Å²) in [6.07, 6.45) is 9.11. The molecule has 26 heavy (non-hydrogen) atoms. The van der Waals surface area contributed by atoms with E-state index in [0.29, 0.717) is 24.2 Å². The second kappa shape index (κ2) is 9.06. The number of aromatic nitrogens is 2. The third-order valence-corrected chi connectivity index (χ3v) is 4.19. The van der Waals surface area contributed by atoms with E-state index in [0.717, 1.165) is 34.0 Å². The van der Waals surface area contributed by atoms with Gasteiger partial charge >= 0.3 is 0 Å². The lowest BCUT2D eigenvalue weighted by Gasteiger charge is -2.13. The van der Waals surface area contributed by atoms with Crippen molar-refractivity contribution in [2.24, 2.45) is 0 Å². The molecule has 136 valence electrons. The summed E-state index contributed by atoms with van der Waals surface area (Å²) >= 11 is 0. The average molecular weight is 351 g/mol. The van der Waals surface area contributed by atoms with Crippen molar-refractivity contribution in [3.63, 3.8) is 0 Å². The Morgan fingerprint density at radius 3 is 2.77 bits per heavy atom. The average Bonchev–Trinajstić information content (AvgIpc) is 2.62. The van der Waals surface area contributed by atoms with E-state index >= 15 is 0 Å². The van der Waals surface area contributed by atoms with Gasteiger partial charge in [-0.15, -0.1) is 0 Å². The lowest BCUT2D eigenvalue weighted by molar-refractivity contribution is -0.105. The summed E-state index contributed by atoms with van der Waals surface area (Å²) in [5.41, 5.74) is 4.47. The van der Waals surface area contributed by atoms with Gasteiger partial charge in [0.05, 0.1) is 11.6 Å². The summed E-state index contributed by atoms with van der Waals surface area (Å²) in [5, 5.41) is 13.5. The van der Waals surface area contributed by atoms with E-state index in [1.165, 1.54) is 0 Å². The number of rotatable bonds is 8. The molecule has 0 radical (unpaired) electrons. The molecule has 1 atom stereocenters. The van der Waals surface area contributed by atoms with Crippen molar-refractivity contribution < 1.29 is 9.90 Å². The van der Waals surface area contributed by atoms with Gasteiger partial charge in [0.25, 0.3) is 0 Å². The number of aliphatic hydroxyl groups excluding tert-OH is 1. The Bertz CT molecular complexity index is 869. The third kappa shape index (κ3) is 4.64. The molecule has 2 heterocycles. The largest absolute Gasteiger partial charge is 0.388 e. The van der Waals surface area contributed by atoms with Crippen LogP contribution >= 0.6 is 0 Å². The van der Waals surface area contributed by atoms with Crippen molar-refractivity contribution >= 4 is 28.7 Å². The lowest BCUT2D eigenvalue weighted by Crippen LogP contribution is -2.07. The molecule has 0 bridgehead atoms. The molecule has 0 spiro atoms. The van der Waals surface area contributed by atoms with E-state index in [1.54, 1.807) is 18.5 Å². The second-order valence-corrected chi connectivity index (χ2v) is 6.16. The van der Waals surface area contributed by atoms with Crippen LogP contribution in [0.25, 0.3) is 16.5 Å². The van der Waals surface area contributed by atoms with Crippen molar-refractivity contribution in [3.05, 3.63) is 60.0 Å². The molecular weight excluding hydrogens is 326 g/mol. The summed E-state index contributed by atoms with van der Waals surface area (Å²) in [4.78, 5) is 19.2. The Balaban J connectivity index is 2.33. The topological polar surface area (TPSA) is 75.1 Å². The van der Waals surface area contributed by atoms with Crippen LogP contribution in [-0.4, -0.2) is 27.6 Å². The molecule has 0 fully saturated rings. The van der Waals surface area contributed by atoms with E-state index in [-0.39, 0.29) is 0 Å². The maximum Gasteiger partial charge on any atom is 0.212 e. The number of fused-ring (bicyclic) bond motifs is 1. The van der Waals surface area contributed by atoms with E-state index in [4.69, 9.17) is 0 Å². The van der Waals surface area contributed by atoms with Gasteiger partial charge in [-0.1, -0.05) is 32.1 Å². The van der Waals surface area contributed by atoms with Crippen LogP contribution in [0.5, 0.6) is 0 Å². The van der Waals surface area contributed by atoms with Gasteiger partial charge < -0.3 is 10.4 Å². The number of amides is 1. The first-order valence-corrected chi connectivity index (χ1v) is 8.68. The highest BCUT2D eigenvalue weighted by Gasteiger charge is 2.10. The fourth-order valence-electron chi connectivity index (χ4n) is 2.84. The van der Waals surface area contributed by atoms with E-state index in [1.807, 2.05) is 39.0 Å². The Hall–Kier alpha value is -2.79. The Morgan fingerprint density at radius 1 is 1.35 bits per heavy atom. The monoisotopic (exact) mass is 351 g/mol. The number of anilines is 1. The third-order valence-electron chi connectivity index (χ3n) is 4.19. The Labute approximate surface area is 154 Å². The predicted octanol–water partition coefficient (Wildman–Crippen LogP) is 4.26. The summed E-state index contributed by atoms with van der Waals surface area (Å²) in [6.45, 7) is 9.99. The molecule has 0 saturated heterocycles. The first kappa shape index (κ1) is 19.5. The van der Waals surface area contributed by atoms with Gasteiger partial charge in [0.2, 0.25) is 6.41 Å². The van der Waals surface area contributed by atoms with Crippen molar-refractivity contribution in [1.29, 1.82) is 0 Å². The molecule has 1 unspecified atom stereocenters. The number of carbonyl (C=O) groups excluding carboxylic acids is 1. The Morgan fingerprint density at radius 2 is 2.12 bits per heavy atom. The lowest BCUT2D eigenvalue weighted by atomic mass is 9.96. The van der Waals surface area contributed by atoms with Crippen LogP contribution in [0.2, 0.25) is 0 Å². The van der Waals surface area contributed by atoms with Gasteiger partial charge in [-0.25, -0.2) is 4.98 Å². The fraction of sp³-hybridized carbons (Fsp3) is 0.286. The van der Waals surface area contributed by atoms with E-state index in [9.17, 15) is 9.90 Å². The molecular formula is C21H25N3O2. The van der Waals surface area contributed by atoms with Crippen LogP contribution in [0.1, 0.15) is 39.2 Å². The van der Waals surface area contributed by atoms with E-state index in [2.05, 4.69) is 21.9 Å². The minimum absolute atomic E-state index is 0.469.